The van der Waals surface area contributed by atoms with Crippen molar-refractivity contribution in [1.29, 1.82) is 0 Å². The summed E-state index contributed by atoms with van der Waals surface area (Å²) in [6.45, 7) is 1.08. The number of ether oxygens (including phenoxy) is 1. The molecule has 1 unspecified atom stereocenters. The average molecular weight is 439 g/mol. The summed E-state index contributed by atoms with van der Waals surface area (Å²) in [6, 6.07) is 0. The van der Waals surface area contributed by atoms with Gasteiger partial charge in [-0.2, -0.15) is 8.42 Å². The molecular formula is C21H42O7S. The van der Waals surface area contributed by atoms with Crippen LogP contribution >= 0.6 is 0 Å². The minimum Gasteiger partial charge on any atom is -0.457 e. The van der Waals surface area contributed by atoms with Gasteiger partial charge in [0.2, 0.25) is 0 Å². The number of hydrogen-bond acceptors (Lipinski definition) is 6. The van der Waals surface area contributed by atoms with Crippen molar-refractivity contribution in [3.8, 4) is 0 Å². The fourth-order valence-electron chi connectivity index (χ4n) is 3.17. The standard InChI is InChI=1S/C21H42O7S/c1-2-3-4-5-6-7-8-9-10-11-12-13-14-15-16-17-21(23)28-20(18-22)19-27-29(24,25)26/h20,22H,2-19H2,1H3,(H,24,25,26). The maximum absolute atomic E-state index is 11.7. The van der Waals surface area contributed by atoms with Gasteiger partial charge in [-0.3, -0.25) is 9.35 Å². The van der Waals surface area contributed by atoms with Crippen LogP contribution in [-0.4, -0.2) is 43.4 Å². The molecule has 0 aliphatic heterocycles. The van der Waals surface area contributed by atoms with E-state index in [4.69, 9.17) is 14.4 Å². The van der Waals surface area contributed by atoms with Gasteiger partial charge >= 0.3 is 16.4 Å². The largest absolute Gasteiger partial charge is 0.457 e. The van der Waals surface area contributed by atoms with Gasteiger partial charge < -0.3 is 9.84 Å². The van der Waals surface area contributed by atoms with E-state index in [0.717, 1.165) is 12.8 Å². The van der Waals surface area contributed by atoms with Crippen LogP contribution in [0.25, 0.3) is 0 Å². The van der Waals surface area contributed by atoms with Crippen LogP contribution in [0.5, 0.6) is 0 Å². The van der Waals surface area contributed by atoms with Crippen molar-refractivity contribution in [2.75, 3.05) is 13.2 Å². The lowest BCUT2D eigenvalue weighted by atomic mass is 10.0. The monoisotopic (exact) mass is 438 g/mol. The lowest BCUT2D eigenvalue weighted by molar-refractivity contribution is -0.153. The topological polar surface area (TPSA) is 110 Å². The molecule has 0 radical (unpaired) electrons. The van der Waals surface area contributed by atoms with Crippen molar-refractivity contribution < 1.29 is 31.8 Å². The summed E-state index contributed by atoms with van der Waals surface area (Å²) < 4.78 is 38.5. The van der Waals surface area contributed by atoms with Crippen LogP contribution in [0.15, 0.2) is 0 Å². The molecule has 29 heavy (non-hydrogen) atoms. The normalized spacial score (nSPS) is 12.8. The summed E-state index contributed by atoms with van der Waals surface area (Å²) in [5, 5.41) is 9.04. The summed E-state index contributed by atoms with van der Waals surface area (Å²) in [5.41, 5.74) is 0. The van der Waals surface area contributed by atoms with Gasteiger partial charge in [-0.05, 0) is 6.42 Å². The second-order valence-electron chi connectivity index (χ2n) is 7.71. The van der Waals surface area contributed by atoms with Crippen LogP contribution < -0.4 is 0 Å². The van der Waals surface area contributed by atoms with Gasteiger partial charge in [0.15, 0.2) is 0 Å². The highest BCUT2D eigenvalue weighted by Crippen LogP contribution is 2.14. The molecule has 0 bridgehead atoms. The highest BCUT2D eigenvalue weighted by atomic mass is 32.3. The zero-order valence-electron chi connectivity index (χ0n) is 18.1. The van der Waals surface area contributed by atoms with E-state index in [-0.39, 0.29) is 6.42 Å². The zero-order valence-corrected chi connectivity index (χ0v) is 19.0. The fraction of sp³-hybridized carbons (Fsp3) is 0.952. The summed E-state index contributed by atoms with van der Waals surface area (Å²) in [4.78, 5) is 11.7. The Hall–Kier alpha value is -0.700. The lowest BCUT2D eigenvalue weighted by Gasteiger charge is -2.14. The third-order valence-corrected chi connectivity index (χ3v) is 5.32. The SMILES string of the molecule is CCCCCCCCCCCCCCCCCC(=O)OC(CO)COS(=O)(=O)O. The maximum atomic E-state index is 11.7. The van der Waals surface area contributed by atoms with E-state index < -0.39 is 35.7 Å². The molecule has 0 aliphatic rings. The van der Waals surface area contributed by atoms with Crippen molar-refractivity contribution in [2.45, 2.75) is 116 Å². The minimum atomic E-state index is -4.61. The summed E-state index contributed by atoms with van der Waals surface area (Å²) in [7, 11) is -4.61. The number of unbranched alkanes of at least 4 members (excludes halogenated alkanes) is 14. The summed E-state index contributed by atoms with van der Waals surface area (Å²) in [6.07, 6.45) is 17.8. The molecule has 2 N–H and O–H groups in total. The highest BCUT2D eigenvalue weighted by molar-refractivity contribution is 7.80. The zero-order chi connectivity index (χ0) is 21.8. The van der Waals surface area contributed by atoms with E-state index in [2.05, 4.69) is 11.1 Å². The Morgan fingerprint density at radius 2 is 1.21 bits per heavy atom. The van der Waals surface area contributed by atoms with Gasteiger partial charge in [0.25, 0.3) is 0 Å². The van der Waals surface area contributed by atoms with E-state index in [9.17, 15) is 13.2 Å². The van der Waals surface area contributed by atoms with Crippen LogP contribution in [0.3, 0.4) is 0 Å². The van der Waals surface area contributed by atoms with Gasteiger partial charge in [0.05, 0.1) is 6.61 Å². The number of aliphatic hydroxyl groups is 1. The highest BCUT2D eigenvalue weighted by Gasteiger charge is 2.17. The number of hydrogen-bond donors (Lipinski definition) is 2. The fourth-order valence-corrected chi connectivity index (χ4v) is 3.50. The lowest BCUT2D eigenvalue weighted by Crippen LogP contribution is -2.28. The maximum Gasteiger partial charge on any atom is 0.397 e. The van der Waals surface area contributed by atoms with Gasteiger partial charge in [-0.1, -0.05) is 96.8 Å². The van der Waals surface area contributed by atoms with Crippen LogP contribution in [-0.2, 0) is 24.1 Å². The third kappa shape index (κ3) is 21.8. The molecule has 0 saturated heterocycles. The first kappa shape index (κ1) is 28.3. The molecule has 0 aromatic rings. The van der Waals surface area contributed by atoms with E-state index in [1.165, 1.54) is 77.0 Å². The molecule has 174 valence electrons. The van der Waals surface area contributed by atoms with Gasteiger partial charge in [0, 0.05) is 6.42 Å². The second kappa shape index (κ2) is 19.3. The third-order valence-electron chi connectivity index (χ3n) is 4.89. The molecule has 7 nitrogen and oxygen atoms in total. The van der Waals surface area contributed by atoms with Gasteiger partial charge in [-0.25, -0.2) is 4.18 Å². The van der Waals surface area contributed by atoms with Crippen LogP contribution in [0.4, 0.5) is 0 Å². The van der Waals surface area contributed by atoms with Crippen molar-refractivity contribution in [2.24, 2.45) is 0 Å². The smallest absolute Gasteiger partial charge is 0.397 e. The van der Waals surface area contributed by atoms with Crippen molar-refractivity contribution in [1.82, 2.24) is 0 Å². The number of esters is 1. The predicted octanol–water partition coefficient (Wildman–Crippen LogP) is 4.97. The molecule has 0 amide bonds. The van der Waals surface area contributed by atoms with Crippen LogP contribution in [0.2, 0.25) is 0 Å². The Kier molecular flexibility index (Phi) is 18.8. The first-order chi connectivity index (χ1) is 13.9. The average Bonchev–Trinajstić information content (AvgIpc) is 2.67. The van der Waals surface area contributed by atoms with E-state index >= 15 is 0 Å². The first-order valence-corrected chi connectivity index (χ1v) is 12.7. The Bertz CT molecular complexity index is 479. The van der Waals surface area contributed by atoms with Gasteiger partial charge in [0.1, 0.15) is 12.7 Å². The van der Waals surface area contributed by atoms with E-state index in [1.807, 2.05) is 0 Å². The summed E-state index contributed by atoms with van der Waals surface area (Å²) in [5.74, 6) is -0.502. The summed E-state index contributed by atoms with van der Waals surface area (Å²) >= 11 is 0. The number of carbonyl (C=O) groups excluding carboxylic acids is 1. The Labute approximate surface area is 177 Å². The van der Waals surface area contributed by atoms with E-state index in [0.29, 0.717) is 6.42 Å². The second-order valence-corrected chi connectivity index (χ2v) is 8.80. The Morgan fingerprint density at radius 1 is 0.793 bits per heavy atom. The molecule has 0 spiro atoms. The first-order valence-electron chi connectivity index (χ1n) is 11.3. The molecule has 0 saturated carbocycles. The van der Waals surface area contributed by atoms with E-state index in [1.54, 1.807) is 0 Å². The van der Waals surface area contributed by atoms with Crippen LogP contribution in [0, 0.1) is 0 Å². The molecule has 0 aliphatic carbocycles. The number of aliphatic hydroxyl groups excluding tert-OH is 1. The van der Waals surface area contributed by atoms with Crippen LogP contribution in [0.1, 0.15) is 110 Å². The molecular weight excluding hydrogens is 396 g/mol. The Morgan fingerprint density at radius 3 is 1.59 bits per heavy atom. The molecule has 0 fully saturated rings. The molecule has 0 rings (SSSR count). The quantitative estimate of drug-likeness (QED) is 0.148. The molecule has 0 aromatic carbocycles. The Balaban J connectivity index is 3.42. The number of carbonyl (C=O) groups is 1. The molecule has 1 atom stereocenters. The minimum absolute atomic E-state index is 0.223. The number of rotatable bonds is 21. The molecule has 0 heterocycles. The van der Waals surface area contributed by atoms with Crippen molar-refractivity contribution in [3.63, 3.8) is 0 Å². The molecule has 0 aromatic heterocycles. The molecule has 8 heteroatoms. The van der Waals surface area contributed by atoms with Gasteiger partial charge in [-0.15, -0.1) is 0 Å². The van der Waals surface area contributed by atoms with Crippen molar-refractivity contribution in [3.05, 3.63) is 0 Å². The van der Waals surface area contributed by atoms with Crippen molar-refractivity contribution >= 4 is 16.4 Å². The predicted molar refractivity (Wildman–Crippen MR) is 114 cm³/mol.